The lowest BCUT2D eigenvalue weighted by Crippen LogP contribution is -2.48. The summed E-state index contributed by atoms with van der Waals surface area (Å²) in [7, 11) is 0. The van der Waals surface area contributed by atoms with E-state index < -0.39 is 6.04 Å². The molecule has 0 saturated heterocycles. The largest absolute Gasteiger partial charge is 0.350 e. The number of carbonyl (C=O) groups excluding carboxylic acids is 2. The molecule has 0 spiro atoms. The predicted molar refractivity (Wildman–Crippen MR) is 95.6 cm³/mol. The lowest BCUT2D eigenvalue weighted by atomic mass is 9.91. The number of benzene rings is 2. The minimum absolute atomic E-state index is 0.0116. The SMILES string of the molecule is O=C(NCc1ccc(F)cc1)[C@H]1c2ccccc2CC(=O)N1CC1CC1. The van der Waals surface area contributed by atoms with Gasteiger partial charge in [0, 0.05) is 13.1 Å². The molecule has 2 aromatic carbocycles. The van der Waals surface area contributed by atoms with Crippen molar-refractivity contribution in [1.82, 2.24) is 10.2 Å². The summed E-state index contributed by atoms with van der Waals surface area (Å²) in [6.07, 6.45) is 2.59. The van der Waals surface area contributed by atoms with Gasteiger partial charge in [-0.2, -0.15) is 0 Å². The van der Waals surface area contributed by atoms with Crippen LogP contribution in [0.5, 0.6) is 0 Å². The Balaban J connectivity index is 1.56. The van der Waals surface area contributed by atoms with Crippen LogP contribution in [-0.2, 0) is 22.6 Å². The molecule has 26 heavy (non-hydrogen) atoms. The van der Waals surface area contributed by atoms with Gasteiger partial charge in [-0.25, -0.2) is 4.39 Å². The third kappa shape index (κ3) is 3.47. The second kappa shape index (κ2) is 6.90. The molecule has 1 aliphatic carbocycles. The number of carbonyl (C=O) groups is 2. The van der Waals surface area contributed by atoms with Gasteiger partial charge in [-0.15, -0.1) is 0 Å². The number of nitrogens with one attached hydrogen (secondary N) is 1. The van der Waals surface area contributed by atoms with Crippen molar-refractivity contribution in [1.29, 1.82) is 0 Å². The van der Waals surface area contributed by atoms with E-state index in [1.165, 1.54) is 12.1 Å². The van der Waals surface area contributed by atoms with Gasteiger partial charge in [0.2, 0.25) is 11.8 Å². The van der Waals surface area contributed by atoms with Crippen LogP contribution < -0.4 is 5.32 Å². The average Bonchev–Trinajstić information content (AvgIpc) is 3.46. The van der Waals surface area contributed by atoms with Gasteiger partial charge in [0.05, 0.1) is 6.42 Å². The number of amides is 2. The first kappa shape index (κ1) is 16.8. The van der Waals surface area contributed by atoms with Crippen molar-refractivity contribution in [2.45, 2.75) is 31.8 Å². The van der Waals surface area contributed by atoms with Crippen LogP contribution in [0.3, 0.4) is 0 Å². The maximum absolute atomic E-state index is 13.0. The molecule has 0 unspecified atom stereocenters. The van der Waals surface area contributed by atoms with Gasteiger partial charge < -0.3 is 10.2 Å². The lowest BCUT2D eigenvalue weighted by Gasteiger charge is -2.36. The average molecular weight is 352 g/mol. The molecule has 4 nitrogen and oxygen atoms in total. The van der Waals surface area contributed by atoms with Gasteiger partial charge in [0.15, 0.2) is 0 Å². The number of halogens is 1. The quantitative estimate of drug-likeness (QED) is 0.899. The third-order valence-electron chi connectivity index (χ3n) is 5.10. The molecular weight excluding hydrogens is 331 g/mol. The Morgan fingerprint density at radius 1 is 1.12 bits per heavy atom. The Morgan fingerprint density at radius 3 is 2.58 bits per heavy atom. The van der Waals surface area contributed by atoms with Crippen molar-refractivity contribution < 1.29 is 14.0 Å². The summed E-state index contributed by atoms with van der Waals surface area (Å²) in [5, 5.41) is 2.92. The summed E-state index contributed by atoms with van der Waals surface area (Å²) in [4.78, 5) is 27.4. The molecule has 1 aliphatic heterocycles. The second-order valence-electron chi connectivity index (χ2n) is 7.11. The Bertz CT molecular complexity index is 830. The highest BCUT2D eigenvalue weighted by molar-refractivity contribution is 5.92. The number of fused-ring (bicyclic) bond motifs is 1. The molecule has 2 aliphatic rings. The van der Waals surface area contributed by atoms with Crippen molar-refractivity contribution in [3.05, 3.63) is 71.0 Å². The van der Waals surface area contributed by atoms with Crippen LogP contribution in [-0.4, -0.2) is 23.3 Å². The first-order valence-corrected chi connectivity index (χ1v) is 9.01. The van der Waals surface area contributed by atoms with E-state index in [-0.39, 0.29) is 17.6 Å². The van der Waals surface area contributed by atoms with Crippen molar-refractivity contribution >= 4 is 11.8 Å². The summed E-state index contributed by atoms with van der Waals surface area (Å²) in [6, 6.07) is 13.1. The minimum atomic E-state index is -0.589. The first-order valence-electron chi connectivity index (χ1n) is 9.01. The van der Waals surface area contributed by atoms with Gasteiger partial charge in [0.1, 0.15) is 11.9 Å². The van der Waals surface area contributed by atoms with Crippen molar-refractivity contribution in [2.75, 3.05) is 6.54 Å². The van der Waals surface area contributed by atoms with E-state index in [9.17, 15) is 14.0 Å². The van der Waals surface area contributed by atoms with Gasteiger partial charge in [-0.1, -0.05) is 36.4 Å². The summed E-state index contributed by atoms with van der Waals surface area (Å²) in [6.45, 7) is 0.949. The number of hydrogen-bond acceptors (Lipinski definition) is 2. The molecular formula is C21H21FN2O2. The van der Waals surface area contributed by atoms with Crippen molar-refractivity contribution in [2.24, 2.45) is 5.92 Å². The molecule has 0 bridgehead atoms. The molecule has 1 fully saturated rings. The molecule has 1 heterocycles. The van der Waals surface area contributed by atoms with Crippen molar-refractivity contribution in [3.8, 4) is 0 Å². The molecule has 1 saturated carbocycles. The van der Waals surface area contributed by atoms with Crippen molar-refractivity contribution in [3.63, 3.8) is 0 Å². The smallest absolute Gasteiger partial charge is 0.247 e. The monoisotopic (exact) mass is 352 g/mol. The maximum Gasteiger partial charge on any atom is 0.247 e. The lowest BCUT2D eigenvalue weighted by molar-refractivity contribution is -0.142. The summed E-state index contributed by atoms with van der Waals surface area (Å²) >= 11 is 0. The molecule has 2 aromatic rings. The predicted octanol–water partition coefficient (Wildman–Crippen LogP) is 2.98. The second-order valence-corrected chi connectivity index (χ2v) is 7.11. The highest BCUT2D eigenvalue weighted by atomic mass is 19.1. The zero-order chi connectivity index (χ0) is 18.1. The van der Waals surface area contributed by atoms with E-state index >= 15 is 0 Å². The van der Waals surface area contributed by atoms with E-state index in [0.29, 0.717) is 25.4 Å². The summed E-state index contributed by atoms with van der Waals surface area (Å²) in [5.74, 6) is 0.0344. The van der Waals surface area contributed by atoms with Crippen LogP contribution >= 0.6 is 0 Å². The molecule has 2 amide bonds. The fourth-order valence-electron chi connectivity index (χ4n) is 3.49. The topological polar surface area (TPSA) is 49.4 Å². The zero-order valence-electron chi connectivity index (χ0n) is 14.5. The van der Waals surface area contributed by atoms with Crippen LogP contribution in [0, 0.1) is 11.7 Å². The molecule has 1 N–H and O–H groups in total. The Hall–Kier alpha value is -2.69. The van der Waals surface area contributed by atoms with Crippen LogP contribution in [0.1, 0.15) is 35.6 Å². The molecule has 4 rings (SSSR count). The van der Waals surface area contributed by atoms with E-state index in [4.69, 9.17) is 0 Å². The van der Waals surface area contributed by atoms with Crippen LogP contribution in [0.25, 0.3) is 0 Å². The number of nitrogens with zero attached hydrogens (tertiary/aromatic N) is 1. The Labute approximate surface area is 152 Å². The van der Waals surface area contributed by atoms with E-state index in [1.54, 1.807) is 17.0 Å². The number of hydrogen-bond donors (Lipinski definition) is 1. The van der Waals surface area contributed by atoms with Crippen LogP contribution in [0.2, 0.25) is 0 Å². The maximum atomic E-state index is 13.0. The highest BCUT2D eigenvalue weighted by Crippen LogP contribution is 2.36. The highest BCUT2D eigenvalue weighted by Gasteiger charge is 2.39. The third-order valence-corrected chi connectivity index (χ3v) is 5.10. The van der Waals surface area contributed by atoms with Gasteiger partial charge in [-0.3, -0.25) is 9.59 Å². The first-order chi connectivity index (χ1) is 12.6. The standard InChI is InChI=1S/C21H21FN2O2/c22-17-9-7-14(8-10-17)12-23-21(26)20-18-4-2-1-3-16(18)11-19(25)24(20)13-15-5-6-15/h1-4,7-10,15,20H,5-6,11-13H2,(H,23,26)/t20-/m1/s1. The Kier molecular flexibility index (Phi) is 4.45. The van der Waals surface area contributed by atoms with E-state index in [2.05, 4.69) is 5.32 Å². The fraction of sp³-hybridized carbons (Fsp3) is 0.333. The summed E-state index contributed by atoms with van der Waals surface area (Å²) < 4.78 is 13.0. The van der Waals surface area contributed by atoms with Gasteiger partial charge >= 0.3 is 0 Å². The molecule has 5 heteroatoms. The van der Waals surface area contributed by atoms with Gasteiger partial charge in [0.25, 0.3) is 0 Å². The Morgan fingerprint density at radius 2 is 1.85 bits per heavy atom. The fourth-order valence-corrected chi connectivity index (χ4v) is 3.49. The van der Waals surface area contributed by atoms with Gasteiger partial charge in [-0.05, 0) is 47.6 Å². The normalized spacial score (nSPS) is 19.2. The molecule has 0 radical (unpaired) electrons. The van der Waals surface area contributed by atoms with E-state index in [1.807, 2.05) is 24.3 Å². The zero-order valence-corrected chi connectivity index (χ0v) is 14.5. The molecule has 134 valence electrons. The summed E-state index contributed by atoms with van der Waals surface area (Å²) in [5.41, 5.74) is 2.65. The number of rotatable bonds is 5. The van der Waals surface area contributed by atoms with Crippen LogP contribution in [0.15, 0.2) is 48.5 Å². The van der Waals surface area contributed by atoms with E-state index in [0.717, 1.165) is 29.5 Å². The van der Waals surface area contributed by atoms with Crippen LogP contribution in [0.4, 0.5) is 4.39 Å². The molecule has 0 aromatic heterocycles. The molecule has 1 atom stereocenters. The minimum Gasteiger partial charge on any atom is -0.350 e.